The number of aromatic hydroxyl groups is 1. The van der Waals surface area contributed by atoms with E-state index in [-0.39, 0.29) is 11.7 Å². The maximum Gasteiger partial charge on any atom is 0.298 e. The van der Waals surface area contributed by atoms with Crippen LogP contribution < -0.4 is 4.74 Å². The Balaban J connectivity index is 1.71. The predicted molar refractivity (Wildman–Crippen MR) is 116 cm³/mol. The number of ether oxygens (including phenoxy) is 1. The van der Waals surface area contributed by atoms with Crippen molar-refractivity contribution in [2.75, 3.05) is 7.11 Å². The summed E-state index contributed by atoms with van der Waals surface area (Å²) in [5.74, 6) is 0.490. The standard InChI is InChI=1S/C24H19N3O3/c1-30-22-15-18(12-13-21(22)28)16-25-27-23(19-10-6-3-7-11-19)26-20(24(27)29)14-17-8-4-2-5-9-17/h2-16,28H,1H3/b20-14?,25-16+. The second-order valence-corrected chi connectivity index (χ2v) is 6.53. The minimum absolute atomic E-state index is 0.0338. The van der Waals surface area contributed by atoms with E-state index in [0.29, 0.717) is 22.8 Å². The molecule has 1 aliphatic heterocycles. The molecule has 0 saturated heterocycles. The fourth-order valence-electron chi connectivity index (χ4n) is 3.00. The van der Waals surface area contributed by atoms with Crippen LogP contribution in [0, 0.1) is 0 Å². The molecule has 0 fully saturated rings. The molecular formula is C24H19N3O3. The molecule has 0 atom stereocenters. The molecule has 0 bridgehead atoms. The van der Waals surface area contributed by atoms with Gasteiger partial charge in [0.1, 0.15) is 5.70 Å². The molecule has 4 rings (SSSR count). The monoisotopic (exact) mass is 397 g/mol. The first-order valence-corrected chi connectivity index (χ1v) is 9.32. The van der Waals surface area contributed by atoms with E-state index in [9.17, 15) is 9.90 Å². The Bertz CT molecular complexity index is 1150. The van der Waals surface area contributed by atoms with Gasteiger partial charge < -0.3 is 9.84 Å². The maximum absolute atomic E-state index is 13.1. The summed E-state index contributed by atoms with van der Waals surface area (Å²) in [5, 5.41) is 15.4. The van der Waals surface area contributed by atoms with Crippen LogP contribution in [0.2, 0.25) is 0 Å². The molecule has 148 valence electrons. The Hall–Kier alpha value is -4.19. The normalized spacial score (nSPS) is 15.1. The summed E-state index contributed by atoms with van der Waals surface area (Å²) in [5.41, 5.74) is 2.64. The number of amidine groups is 1. The molecule has 3 aromatic rings. The van der Waals surface area contributed by atoms with Crippen molar-refractivity contribution in [1.82, 2.24) is 5.01 Å². The molecule has 0 aromatic heterocycles. The van der Waals surface area contributed by atoms with Gasteiger partial charge in [0.2, 0.25) is 0 Å². The number of aliphatic imine (C=N–C) groups is 1. The van der Waals surface area contributed by atoms with E-state index in [1.807, 2.05) is 60.7 Å². The lowest BCUT2D eigenvalue weighted by Crippen LogP contribution is -2.27. The third kappa shape index (κ3) is 3.98. The van der Waals surface area contributed by atoms with Crippen molar-refractivity contribution in [3.63, 3.8) is 0 Å². The number of benzene rings is 3. The van der Waals surface area contributed by atoms with Gasteiger partial charge in [-0.1, -0.05) is 60.7 Å². The second-order valence-electron chi connectivity index (χ2n) is 6.53. The molecule has 1 aliphatic rings. The first-order valence-electron chi connectivity index (χ1n) is 9.32. The molecule has 6 heteroatoms. The van der Waals surface area contributed by atoms with Crippen LogP contribution in [-0.2, 0) is 4.79 Å². The van der Waals surface area contributed by atoms with Crippen LogP contribution in [0.5, 0.6) is 11.5 Å². The van der Waals surface area contributed by atoms with Crippen molar-refractivity contribution in [2.45, 2.75) is 0 Å². The average Bonchev–Trinajstić information content (AvgIpc) is 3.09. The van der Waals surface area contributed by atoms with E-state index in [1.54, 1.807) is 18.2 Å². The summed E-state index contributed by atoms with van der Waals surface area (Å²) in [7, 11) is 1.47. The van der Waals surface area contributed by atoms with Crippen molar-refractivity contribution >= 4 is 24.0 Å². The summed E-state index contributed by atoms with van der Waals surface area (Å²) in [4.78, 5) is 17.6. The van der Waals surface area contributed by atoms with E-state index in [4.69, 9.17) is 4.74 Å². The number of phenols is 1. The molecule has 0 unspecified atom stereocenters. The Kier molecular flexibility index (Phi) is 5.39. The van der Waals surface area contributed by atoms with Crippen LogP contribution in [0.25, 0.3) is 6.08 Å². The van der Waals surface area contributed by atoms with Crippen molar-refractivity contribution in [3.05, 3.63) is 101 Å². The Labute approximate surface area is 174 Å². The molecule has 0 radical (unpaired) electrons. The topological polar surface area (TPSA) is 74.5 Å². The maximum atomic E-state index is 13.1. The summed E-state index contributed by atoms with van der Waals surface area (Å²) < 4.78 is 5.13. The molecule has 6 nitrogen and oxygen atoms in total. The van der Waals surface area contributed by atoms with Crippen LogP contribution in [0.15, 0.2) is 94.7 Å². The van der Waals surface area contributed by atoms with Crippen molar-refractivity contribution in [1.29, 1.82) is 0 Å². The average molecular weight is 397 g/mol. The molecule has 1 heterocycles. The summed E-state index contributed by atoms with van der Waals surface area (Å²) in [6, 6.07) is 23.8. The smallest absolute Gasteiger partial charge is 0.298 e. The van der Waals surface area contributed by atoms with Gasteiger partial charge in [-0.05, 0) is 35.4 Å². The number of nitrogens with zero attached hydrogens (tertiary/aromatic N) is 3. The third-order valence-corrected chi connectivity index (χ3v) is 4.50. The highest BCUT2D eigenvalue weighted by Gasteiger charge is 2.31. The number of methoxy groups -OCH3 is 1. The number of carbonyl (C=O) groups is 1. The van der Waals surface area contributed by atoms with Crippen LogP contribution in [0.1, 0.15) is 16.7 Å². The van der Waals surface area contributed by atoms with Gasteiger partial charge in [-0.3, -0.25) is 4.79 Å². The van der Waals surface area contributed by atoms with Crippen molar-refractivity contribution in [3.8, 4) is 11.5 Å². The van der Waals surface area contributed by atoms with Gasteiger partial charge in [-0.2, -0.15) is 10.1 Å². The molecule has 0 aliphatic carbocycles. The summed E-state index contributed by atoms with van der Waals surface area (Å²) in [6.07, 6.45) is 3.27. The molecule has 0 saturated carbocycles. The lowest BCUT2D eigenvalue weighted by atomic mass is 10.2. The summed E-state index contributed by atoms with van der Waals surface area (Å²) >= 11 is 0. The van der Waals surface area contributed by atoms with Gasteiger partial charge in [-0.25, -0.2) is 4.99 Å². The zero-order chi connectivity index (χ0) is 20.9. The number of carbonyl (C=O) groups excluding carboxylic acids is 1. The fourth-order valence-corrected chi connectivity index (χ4v) is 3.00. The number of phenolic OH excluding ortho intramolecular Hbond substituents is 1. The lowest BCUT2D eigenvalue weighted by molar-refractivity contribution is -0.122. The minimum Gasteiger partial charge on any atom is -0.504 e. The third-order valence-electron chi connectivity index (χ3n) is 4.50. The van der Waals surface area contributed by atoms with Gasteiger partial charge in [-0.15, -0.1) is 0 Å². The van der Waals surface area contributed by atoms with Gasteiger partial charge in [0.05, 0.1) is 13.3 Å². The lowest BCUT2D eigenvalue weighted by Gasteiger charge is -2.12. The first kappa shape index (κ1) is 19.1. The van der Waals surface area contributed by atoms with E-state index in [0.717, 1.165) is 11.1 Å². The fraction of sp³-hybridized carbons (Fsp3) is 0.0417. The van der Waals surface area contributed by atoms with E-state index >= 15 is 0 Å². The van der Waals surface area contributed by atoms with Gasteiger partial charge in [0.25, 0.3) is 5.91 Å². The van der Waals surface area contributed by atoms with E-state index in [2.05, 4.69) is 10.1 Å². The highest BCUT2D eigenvalue weighted by molar-refractivity contribution is 6.19. The van der Waals surface area contributed by atoms with Gasteiger partial charge in [0.15, 0.2) is 17.3 Å². The molecule has 1 amide bonds. The van der Waals surface area contributed by atoms with Crippen molar-refractivity contribution < 1.29 is 14.6 Å². The minimum atomic E-state index is -0.320. The summed E-state index contributed by atoms with van der Waals surface area (Å²) in [6.45, 7) is 0. The molecule has 1 N–H and O–H groups in total. The second kappa shape index (κ2) is 8.45. The Morgan fingerprint density at radius 3 is 2.37 bits per heavy atom. The quantitative estimate of drug-likeness (QED) is 0.521. The molecular weight excluding hydrogens is 378 g/mol. The molecule has 30 heavy (non-hydrogen) atoms. The Morgan fingerprint density at radius 1 is 0.967 bits per heavy atom. The predicted octanol–water partition coefficient (Wildman–Crippen LogP) is 4.06. The highest BCUT2D eigenvalue weighted by atomic mass is 16.5. The molecule has 0 spiro atoms. The van der Waals surface area contributed by atoms with Crippen LogP contribution in [-0.4, -0.2) is 35.2 Å². The number of amides is 1. The SMILES string of the molecule is COc1cc(/C=N/N2C(=O)C(=Cc3ccccc3)N=C2c2ccccc2)ccc1O. The number of rotatable bonds is 5. The van der Waals surface area contributed by atoms with Crippen LogP contribution in [0.4, 0.5) is 0 Å². The van der Waals surface area contributed by atoms with E-state index in [1.165, 1.54) is 24.4 Å². The van der Waals surface area contributed by atoms with Gasteiger partial charge >= 0.3 is 0 Å². The Morgan fingerprint density at radius 2 is 1.67 bits per heavy atom. The highest BCUT2D eigenvalue weighted by Crippen LogP contribution is 2.26. The zero-order valence-corrected chi connectivity index (χ0v) is 16.3. The number of hydrogen-bond donors (Lipinski definition) is 1. The van der Waals surface area contributed by atoms with Crippen LogP contribution in [0.3, 0.4) is 0 Å². The van der Waals surface area contributed by atoms with E-state index < -0.39 is 0 Å². The van der Waals surface area contributed by atoms with Gasteiger partial charge in [0, 0.05) is 5.56 Å². The molecule has 3 aromatic carbocycles. The number of hydrazone groups is 1. The van der Waals surface area contributed by atoms with Crippen LogP contribution >= 0.6 is 0 Å². The zero-order valence-electron chi connectivity index (χ0n) is 16.3. The number of hydrogen-bond acceptors (Lipinski definition) is 5. The largest absolute Gasteiger partial charge is 0.504 e. The first-order chi connectivity index (χ1) is 14.7. The van der Waals surface area contributed by atoms with Crippen molar-refractivity contribution in [2.24, 2.45) is 10.1 Å².